The Hall–Kier alpha value is -2.45. The second-order valence-corrected chi connectivity index (χ2v) is 3.29. The molecule has 17 heavy (non-hydrogen) atoms. The minimum atomic E-state index is -0.444. The van der Waals surface area contributed by atoms with Gasteiger partial charge in [-0.3, -0.25) is 9.48 Å². The number of anilines is 1. The number of carbonyl (C=O) groups is 1. The molecule has 0 radical (unpaired) electrons. The van der Waals surface area contributed by atoms with Crippen LogP contribution < -0.4 is 5.73 Å². The molecule has 0 spiro atoms. The fourth-order valence-electron chi connectivity index (χ4n) is 1.17. The number of aryl methyl sites for hydroxylation is 1. The fraction of sp³-hybridized carbons (Fsp3) is 0.375. The average molecular weight is 237 g/mol. The normalized spacial score (nSPS) is 10.4. The Morgan fingerprint density at radius 1 is 1.53 bits per heavy atom. The highest BCUT2D eigenvalue weighted by atomic mass is 16.5. The largest absolute Gasteiger partial charge is 0.456 e. The molecule has 0 aliphatic carbocycles. The molecule has 0 saturated heterocycles. The van der Waals surface area contributed by atoms with Crippen LogP contribution in [0.3, 0.4) is 0 Å². The van der Waals surface area contributed by atoms with E-state index in [0.717, 1.165) is 0 Å². The lowest BCUT2D eigenvalue weighted by molar-refractivity contribution is -0.146. The molecule has 2 aromatic heterocycles. The van der Waals surface area contributed by atoms with Crippen molar-refractivity contribution in [3.8, 4) is 0 Å². The number of tetrazole rings is 1. The van der Waals surface area contributed by atoms with Gasteiger partial charge in [0.05, 0.1) is 7.05 Å². The summed E-state index contributed by atoms with van der Waals surface area (Å²) in [5.41, 5.74) is 5.41. The zero-order chi connectivity index (χ0) is 12.3. The number of hydrogen-bond donors (Lipinski definition) is 1. The van der Waals surface area contributed by atoms with E-state index in [4.69, 9.17) is 10.5 Å². The Morgan fingerprint density at radius 3 is 2.94 bits per heavy atom. The van der Waals surface area contributed by atoms with Crippen LogP contribution in [0.25, 0.3) is 0 Å². The molecule has 0 bridgehead atoms. The number of hydrogen-bond acceptors (Lipinski definition) is 7. The van der Waals surface area contributed by atoms with E-state index in [1.54, 1.807) is 19.3 Å². The van der Waals surface area contributed by atoms with Crippen LogP contribution in [0.5, 0.6) is 0 Å². The summed E-state index contributed by atoms with van der Waals surface area (Å²) in [6, 6.07) is 1.59. The summed E-state index contributed by atoms with van der Waals surface area (Å²) in [6.45, 7) is -0.0130. The van der Waals surface area contributed by atoms with Gasteiger partial charge in [-0.25, -0.2) is 0 Å². The molecule has 9 nitrogen and oxygen atoms in total. The summed E-state index contributed by atoms with van der Waals surface area (Å²) in [5.74, 6) is 0.259. The summed E-state index contributed by atoms with van der Waals surface area (Å²) < 4.78 is 6.33. The van der Waals surface area contributed by atoms with E-state index in [2.05, 4.69) is 20.5 Å². The number of esters is 1. The first-order chi connectivity index (χ1) is 8.13. The average Bonchev–Trinajstić information content (AvgIpc) is 2.85. The molecular formula is C8H11N7O2. The molecule has 0 aromatic carbocycles. The molecule has 2 heterocycles. The van der Waals surface area contributed by atoms with Crippen LogP contribution >= 0.6 is 0 Å². The van der Waals surface area contributed by atoms with Gasteiger partial charge >= 0.3 is 5.97 Å². The van der Waals surface area contributed by atoms with Gasteiger partial charge in [0, 0.05) is 6.20 Å². The lowest BCUT2D eigenvalue weighted by atomic mass is 10.6. The first kappa shape index (κ1) is 11.0. The molecule has 0 aliphatic rings. The summed E-state index contributed by atoms with van der Waals surface area (Å²) >= 11 is 0. The van der Waals surface area contributed by atoms with E-state index in [-0.39, 0.29) is 13.2 Å². The van der Waals surface area contributed by atoms with E-state index < -0.39 is 5.97 Å². The van der Waals surface area contributed by atoms with Crippen LogP contribution in [0, 0.1) is 0 Å². The van der Waals surface area contributed by atoms with Gasteiger partial charge in [-0.1, -0.05) is 0 Å². The van der Waals surface area contributed by atoms with E-state index in [1.165, 1.54) is 9.48 Å². The van der Waals surface area contributed by atoms with Gasteiger partial charge in [0.1, 0.15) is 12.4 Å². The molecule has 0 atom stereocenters. The highest BCUT2D eigenvalue weighted by Crippen LogP contribution is 1.97. The van der Waals surface area contributed by atoms with Crippen LogP contribution in [0.15, 0.2) is 12.3 Å². The molecule has 2 aromatic rings. The number of rotatable bonds is 4. The SMILES string of the molecule is Cn1nnc(COC(=O)Cn2ccc(N)n2)n1. The van der Waals surface area contributed by atoms with Crippen LogP contribution in [0.1, 0.15) is 5.82 Å². The third-order valence-electron chi connectivity index (χ3n) is 1.86. The predicted octanol–water partition coefficient (Wildman–Crippen LogP) is -1.27. The topological polar surface area (TPSA) is 114 Å². The molecule has 2 N–H and O–H groups in total. The van der Waals surface area contributed by atoms with Gasteiger partial charge in [-0.05, 0) is 11.3 Å². The van der Waals surface area contributed by atoms with Crippen molar-refractivity contribution in [2.45, 2.75) is 13.2 Å². The van der Waals surface area contributed by atoms with Crippen molar-refractivity contribution in [2.24, 2.45) is 7.05 Å². The van der Waals surface area contributed by atoms with Crippen molar-refractivity contribution >= 4 is 11.8 Å². The zero-order valence-electron chi connectivity index (χ0n) is 9.15. The standard InChI is InChI=1S/C8H11N7O2/c1-14-12-7(10-13-14)5-17-8(16)4-15-3-2-6(9)11-15/h2-3H,4-5H2,1H3,(H2,9,11). The summed E-state index contributed by atoms with van der Waals surface area (Å²) in [6.07, 6.45) is 1.59. The molecule has 90 valence electrons. The van der Waals surface area contributed by atoms with Crippen molar-refractivity contribution in [1.82, 2.24) is 30.0 Å². The number of nitrogen functional groups attached to an aromatic ring is 1. The Morgan fingerprint density at radius 2 is 2.35 bits per heavy atom. The second kappa shape index (κ2) is 4.60. The lowest BCUT2D eigenvalue weighted by Gasteiger charge is -2.01. The van der Waals surface area contributed by atoms with Gasteiger partial charge in [-0.15, -0.1) is 10.2 Å². The van der Waals surface area contributed by atoms with Gasteiger partial charge in [0.2, 0.25) is 5.82 Å². The fourth-order valence-corrected chi connectivity index (χ4v) is 1.17. The molecule has 0 aliphatic heterocycles. The van der Waals surface area contributed by atoms with Crippen LogP contribution in [-0.4, -0.2) is 36.0 Å². The van der Waals surface area contributed by atoms with Crippen LogP contribution in [0.4, 0.5) is 5.82 Å². The van der Waals surface area contributed by atoms with Gasteiger partial charge < -0.3 is 10.5 Å². The van der Waals surface area contributed by atoms with E-state index in [9.17, 15) is 4.79 Å². The molecule has 2 rings (SSSR count). The van der Waals surface area contributed by atoms with Crippen molar-refractivity contribution in [1.29, 1.82) is 0 Å². The third kappa shape index (κ3) is 3.00. The maximum absolute atomic E-state index is 11.4. The van der Waals surface area contributed by atoms with Crippen molar-refractivity contribution in [2.75, 3.05) is 5.73 Å². The zero-order valence-corrected chi connectivity index (χ0v) is 9.15. The maximum atomic E-state index is 11.4. The van der Waals surface area contributed by atoms with E-state index in [0.29, 0.717) is 11.6 Å². The summed E-state index contributed by atoms with van der Waals surface area (Å²) in [5, 5.41) is 15.0. The predicted molar refractivity (Wildman–Crippen MR) is 55.2 cm³/mol. The molecular weight excluding hydrogens is 226 g/mol. The Labute approximate surface area is 96.2 Å². The van der Waals surface area contributed by atoms with Gasteiger partial charge in [0.15, 0.2) is 6.61 Å². The van der Waals surface area contributed by atoms with Crippen molar-refractivity contribution in [3.05, 3.63) is 18.1 Å². The Balaban J connectivity index is 1.82. The Kier molecular flexibility index (Phi) is 2.99. The van der Waals surface area contributed by atoms with Crippen molar-refractivity contribution in [3.63, 3.8) is 0 Å². The van der Waals surface area contributed by atoms with Gasteiger partial charge in [0.25, 0.3) is 0 Å². The molecule has 0 unspecified atom stereocenters. The number of ether oxygens (including phenoxy) is 1. The number of nitrogens with two attached hydrogens (primary N) is 1. The first-order valence-electron chi connectivity index (χ1n) is 4.81. The highest BCUT2D eigenvalue weighted by molar-refractivity contribution is 5.69. The summed E-state index contributed by atoms with van der Waals surface area (Å²) in [4.78, 5) is 12.7. The van der Waals surface area contributed by atoms with E-state index >= 15 is 0 Å². The van der Waals surface area contributed by atoms with Crippen molar-refractivity contribution < 1.29 is 9.53 Å². The van der Waals surface area contributed by atoms with Crippen LogP contribution in [0.2, 0.25) is 0 Å². The molecule has 9 heteroatoms. The minimum absolute atomic E-state index is 0.00252. The van der Waals surface area contributed by atoms with Crippen LogP contribution in [-0.2, 0) is 29.7 Å². The monoisotopic (exact) mass is 237 g/mol. The molecule has 0 saturated carbocycles. The quantitative estimate of drug-likeness (QED) is 0.659. The second-order valence-electron chi connectivity index (χ2n) is 3.29. The smallest absolute Gasteiger partial charge is 0.328 e. The Bertz CT molecular complexity index is 517. The third-order valence-corrected chi connectivity index (χ3v) is 1.86. The molecule has 0 amide bonds. The van der Waals surface area contributed by atoms with Gasteiger partial charge in [-0.2, -0.15) is 9.90 Å². The lowest BCUT2D eigenvalue weighted by Crippen LogP contribution is -2.14. The number of nitrogens with zero attached hydrogens (tertiary/aromatic N) is 6. The number of aromatic nitrogens is 6. The minimum Gasteiger partial charge on any atom is -0.456 e. The van der Waals surface area contributed by atoms with E-state index in [1.807, 2.05) is 0 Å². The highest BCUT2D eigenvalue weighted by Gasteiger charge is 2.08. The summed E-state index contributed by atoms with van der Waals surface area (Å²) in [7, 11) is 1.63. The first-order valence-corrected chi connectivity index (χ1v) is 4.81. The maximum Gasteiger partial charge on any atom is 0.328 e. The number of carbonyl (C=O) groups excluding carboxylic acids is 1. The molecule has 0 fully saturated rings.